The molecule has 9 nitrogen and oxygen atoms in total. The zero-order valence-corrected chi connectivity index (χ0v) is 15.0. The number of imide groups is 1. The lowest BCUT2D eigenvalue weighted by Gasteiger charge is -2.13. The Kier molecular flexibility index (Phi) is 5.82. The molecule has 0 fully saturated rings. The lowest BCUT2D eigenvalue weighted by molar-refractivity contribution is -0.385. The third kappa shape index (κ3) is 4.21. The molecule has 2 aromatic carbocycles. The smallest absolute Gasteiger partial charge is 0.307 e. The minimum absolute atomic E-state index is 0.0242. The quantitative estimate of drug-likeness (QED) is 0.219. The van der Waals surface area contributed by atoms with E-state index in [1.165, 1.54) is 30.3 Å². The number of nitro benzene ring substituents is 1. The zero-order chi connectivity index (χ0) is 21.0. The summed E-state index contributed by atoms with van der Waals surface area (Å²) in [5.41, 5.74) is -0.818. The summed E-state index contributed by atoms with van der Waals surface area (Å²) in [6.45, 7) is -0.511. The largest absolute Gasteiger partial charge is 0.487 e. The molecule has 0 atom stereocenters. The molecule has 1 heterocycles. The second-order valence-electron chi connectivity index (χ2n) is 5.97. The first kappa shape index (κ1) is 19.9. The molecule has 0 saturated heterocycles. The molecule has 0 radical (unpaired) electrons. The Bertz CT molecular complexity index is 992. The van der Waals surface area contributed by atoms with Crippen molar-refractivity contribution in [1.82, 2.24) is 4.90 Å². The SMILES string of the molecule is O=C(CCN1C(=O)c2cccc([N+](=O)[O-])c2C1=O)OCCOc1ccccc1F. The molecule has 0 aliphatic carbocycles. The molecular formula is C19H15FN2O7. The highest BCUT2D eigenvalue weighted by molar-refractivity contribution is 6.23. The predicted octanol–water partition coefficient (Wildman–Crippen LogP) is 2.34. The van der Waals surface area contributed by atoms with Gasteiger partial charge in [-0.15, -0.1) is 0 Å². The Morgan fingerprint density at radius 1 is 1.07 bits per heavy atom. The Labute approximate surface area is 163 Å². The van der Waals surface area contributed by atoms with Gasteiger partial charge >= 0.3 is 5.97 Å². The van der Waals surface area contributed by atoms with E-state index in [2.05, 4.69) is 0 Å². The van der Waals surface area contributed by atoms with Crippen LogP contribution in [0.5, 0.6) is 5.75 Å². The fraction of sp³-hybridized carbons (Fsp3) is 0.211. The Balaban J connectivity index is 1.50. The first-order valence-electron chi connectivity index (χ1n) is 8.56. The van der Waals surface area contributed by atoms with Crippen LogP contribution in [-0.4, -0.2) is 47.4 Å². The standard InChI is InChI=1S/C19H15FN2O7/c20-13-5-1-2-7-15(13)28-10-11-29-16(23)8-9-21-18(24)12-4-3-6-14(22(26)27)17(12)19(21)25/h1-7H,8-11H2. The van der Waals surface area contributed by atoms with Crippen LogP contribution in [-0.2, 0) is 9.53 Å². The topological polar surface area (TPSA) is 116 Å². The van der Waals surface area contributed by atoms with Crippen LogP contribution >= 0.6 is 0 Å². The van der Waals surface area contributed by atoms with Gasteiger partial charge < -0.3 is 9.47 Å². The monoisotopic (exact) mass is 402 g/mol. The third-order valence-corrected chi connectivity index (χ3v) is 4.15. The summed E-state index contributed by atoms with van der Waals surface area (Å²) in [6, 6.07) is 9.53. The van der Waals surface area contributed by atoms with Crippen molar-refractivity contribution >= 4 is 23.5 Å². The van der Waals surface area contributed by atoms with Crippen molar-refractivity contribution in [3.63, 3.8) is 0 Å². The van der Waals surface area contributed by atoms with Crippen LogP contribution < -0.4 is 4.74 Å². The number of nitrogens with zero attached hydrogens (tertiary/aromatic N) is 2. The van der Waals surface area contributed by atoms with E-state index in [9.17, 15) is 28.9 Å². The number of hydrogen-bond donors (Lipinski definition) is 0. The fourth-order valence-corrected chi connectivity index (χ4v) is 2.82. The molecule has 1 aliphatic heterocycles. The highest BCUT2D eigenvalue weighted by Gasteiger charge is 2.40. The molecule has 0 saturated carbocycles. The summed E-state index contributed by atoms with van der Waals surface area (Å²) in [6.07, 6.45) is -0.293. The minimum atomic E-state index is -0.826. The fourth-order valence-electron chi connectivity index (χ4n) is 2.82. The average Bonchev–Trinajstić information content (AvgIpc) is 2.95. The molecule has 0 bridgehead atoms. The van der Waals surface area contributed by atoms with Gasteiger partial charge in [0.1, 0.15) is 18.8 Å². The lowest BCUT2D eigenvalue weighted by atomic mass is 10.1. The van der Waals surface area contributed by atoms with Gasteiger partial charge in [-0.25, -0.2) is 4.39 Å². The third-order valence-electron chi connectivity index (χ3n) is 4.15. The maximum Gasteiger partial charge on any atom is 0.307 e. The van der Waals surface area contributed by atoms with Crippen molar-refractivity contribution in [3.8, 4) is 5.75 Å². The van der Waals surface area contributed by atoms with Gasteiger partial charge in [-0.1, -0.05) is 18.2 Å². The molecule has 0 unspecified atom stereocenters. The van der Waals surface area contributed by atoms with E-state index in [-0.39, 0.29) is 43.1 Å². The molecule has 1 aliphatic rings. The van der Waals surface area contributed by atoms with Crippen LogP contribution in [0.3, 0.4) is 0 Å². The van der Waals surface area contributed by atoms with Gasteiger partial charge in [-0.3, -0.25) is 29.4 Å². The number of ether oxygens (including phenoxy) is 2. The van der Waals surface area contributed by atoms with Crippen LogP contribution in [0.25, 0.3) is 0 Å². The van der Waals surface area contributed by atoms with Crippen molar-refractivity contribution < 1.29 is 33.2 Å². The van der Waals surface area contributed by atoms with Crippen molar-refractivity contribution in [2.24, 2.45) is 0 Å². The summed E-state index contributed by atoms with van der Waals surface area (Å²) in [5.74, 6) is -2.75. The number of nitro groups is 1. The highest BCUT2D eigenvalue weighted by atomic mass is 19.1. The summed E-state index contributed by atoms with van der Waals surface area (Å²) in [4.78, 5) is 47.6. The summed E-state index contributed by atoms with van der Waals surface area (Å²) in [7, 11) is 0. The summed E-state index contributed by atoms with van der Waals surface area (Å²) in [5, 5.41) is 11.1. The number of hydrogen-bond acceptors (Lipinski definition) is 7. The number of benzene rings is 2. The molecule has 2 aromatic rings. The lowest BCUT2D eigenvalue weighted by Crippen LogP contribution is -2.32. The molecule has 0 spiro atoms. The van der Waals surface area contributed by atoms with Crippen LogP contribution in [0.15, 0.2) is 42.5 Å². The maximum absolute atomic E-state index is 13.4. The van der Waals surface area contributed by atoms with Crippen LogP contribution in [0.1, 0.15) is 27.1 Å². The Morgan fingerprint density at radius 3 is 2.55 bits per heavy atom. The van der Waals surface area contributed by atoms with E-state index < -0.39 is 34.2 Å². The zero-order valence-electron chi connectivity index (χ0n) is 15.0. The van der Waals surface area contributed by atoms with Gasteiger partial charge in [0.05, 0.1) is 16.9 Å². The number of rotatable bonds is 8. The predicted molar refractivity (Wildman–Crippen MR) is 95.9 cm³/mol. The number of amides is 2. The van der Waals surface area contributed by atoms with Crippen molar-refractivity contribution in [3.05, 3.63) is 69.5 Å². The second kappa shape index (κ2) is 8.46. The van der Waals surface area contributed by atoms with E-state index in [1.807, 2.05) is 0 Å². The molecule has 3 rings (SSSR count). The van der Waals surface area contributed by atoms with Gasteiger partial charge in [0.2, 0.25) is 0 Å². The van der Waals surface area contributed by atoms with E-state index in [0.29, 0.717) is 0 Å². The second-order valence-corrected chi connectivity index (χ2v) is 5.97. The van der Waals surface area contributed by atoms with Gasteiger partial charge in [-0.05, 0) is 18.2 Å². The Hall–Kier alpha value is -3.82. The molecule has 10 heteroatoms. The number of carbonyl (C=O) groups is 3. The van der Waals surface area contributed by atoms with E-state index in [4.69, 9.17) is 9.47 Å². The van der Waals surface area contributed by atoms with Crippen molar-refractivity contribution in [2.45, 2.75) is 6.42 Å². The van der Waals surface area contributed by atoms with Gasteiger partial charge in [-0.2, -0.15) is 0 Å². The molecule has 0 aromatic heterocycles. The molecule has 2 amide bonds. The van der Waals surface area contributed by atoms with Gasteiger partial charge in [0, 0.05) is 12.6 Å². The first-order chi connectivity index (χ1) is 13.9. The van der Waals surface area contributed by atoms with Crippen molar-refractivity contribution in [1.29, 1.82) is 0 Å². The number of esters is 1. The number of carbonyl (C=O) groups excluding carboxylic acids is 3. The first-order valence-corrected chi connectivity index (χ1v) is 8.56. The molecule has 150 valence electrons. The maximum atomic E-state index is 13.4. The van der Waals surface area contributed by atoms with E-state index >= 15 is 0 Å². The normalized spacial score (nSPS) is 12.7. The van der Waals surface area contributed by atoms with Crippen LogP contribution in [0, 0.1) is 15.9 Å². The molecule has 0 N–H and O–H groups in total. The highest BCUT2D eigenvalue weighted by Crippen LogP contribution is 2.30. The summed E-state index contributed by atoms with van der Waals surface area (Å²) >= 11 is 0. The molecule has 29 heavy (non-hydrogen) atoms. The number of para-hydroxylation sites is 1. The van der Waals surface area contributed by atoms with E-state index in [1.54, 1.807) is 6.07 Å². The van der Waals surface area contributed by atoms with Gasteiger partial charge in [0.25, 0.3) is 17.5 Å². The number of halogens is 1. The Morgan fingerprint density at radius 2 is 1.83 bits per heavy atom. The van der Waals surface area contributed by atoms with Crippen LogP contribution in [0.4, 0.5) is 10.1 Å². The summed E-state index contributed by atoms with van der Waals surface area (Å²) < 4.78 is 23.5. The molecular weight excluding hydrogens is 387 g/mol. The van der Waals surface area contributed by atoms with E-state index in [0.717, 1.165) is 11.0 Å². The van der Waals surface area contributed by atoms with Gasteiger partial charge in [0.15, 0.2) is 11.6 Å². The van der Waals surface area contributed by atoms with Crippen molar-refractivity contribution in [2.75, 3.05) is 19.8 Å². The van der Waals surface area contributed by atoms with Crippen LogP contribution in [0.2, 0.25) is 0 Å². The average molecular weight is 402 g/mol. The number of fused-ring (bicyclic) bond motifs is 1. The minimum Gasteiger partial charge on any atom is -0.487 e.